The highest BCUT2D eigenvalue weighted by Crippen LogP contribution is 2.41. The van der Waals surface area contributed by atoms with Crippen LogP contribution in [-0.4, -0.2) is 29.1 Å². The van der Waals surface area contributed by atoms with Crippen LogP contribution in [0.25, 0.3) is 0 Å². The predicted octanol–water partition coefficient (Wildman–Crippen LogP) is 1.00. The van der Waals surface area contributed by atoms with Gasteiger partial charge in [0.1, 0.15) is 6.10 Å². The lowest BCUT2D eigenvalue weighted by Crippen LogP contribution is -2.29. The van der Waals surface area contributed by atoms with Crippen LogP contribution >= 0.6 is 0 Å². The maximum atomic E-state index is 10.8. The predicted molar refractivity (Wildman–Crippen MR) is 44.2 cm³/mol. The largest absolute Gasteiger partial charge is 0.481 e. The van der Waals surface area contributed by atoms with Gasteiger partial charge >= 0.3 is 5.97 Å². The molecule has 1 saturated carbocycles. The van der Waals surface area contributed by atoms with E-state index >= 15 is 0 Å². The van der Waals surface area contributed by atoms with Gasteiger partial charge in [0.15, 0.2) is 5.79 Å². The maximum Gasteiger partial charge on any atom is 0.309 e. The van der Waals surface area contributed by atoms with Crippen molar-refractivity contribution in [3.8, 4) is 0 Å². The smallest absolute Gasteiger partial charge is 0.309 e. The molecule has 2 rings (SSSR count). The molecular formula is C9H14O4. The Hall–Kier alpha value is -0.610. The van der Waals surface area contributed by atoms with E-state index in [1.54, 1.807) is 0 Å². The van der Waals surface area contributed by atoms with E-state index in [9.17, 15) is 4.79 Å². The first-order valence-electron chi connectivity index (χ1n) is 4.58. The van der Waals surface area contributed by atoms with E-state index in [1.807, 2.05) is 13.8 Å². The third kappa shape index (κ3) is 1.44. The summed E-state index contributed by atoms with van der Waals surface area (Å²) in [4.78, 5) is 10.8. The third-order valence-electron chi connectivity index (χ3n) is 2.70. The summed E-state index contributed by atoms with van der Waals surface area (Å²) in [5.74, 6) is -1.76. The van der Waals surface area contributed by atoms with Gasteiger partial charge in [0.25, 0.3) is 0 Å². The summed E-state index contributed by atoms with van der Waals surface area (Å²) in [6, 6.07) is 0. The highest BCUT2D eigenvalue weighted by molar-refractivity contribution is 5.71. The Balaban J connectivity index is 2.12. The van der Waals surface area contributed by atoms with Crippen LogP contribution in [0.5, 0.6) is 0 Å². The highest BCUT2D eigenvalue weighted by Gasteiger charge is 2.51. The van der Waals surface area contributed by atoms with E-state index in [2.05, 4.69) is 0 Å². The van der Waals surface area contributed by atoms with Crippen molar-refractivity contribution >= 4 is 5.97 Å². The zero-order valence-electron chi connectivity index (χ0n) is 7.82. The molecule has 1 aliphatic heterocycles. The first-order valence-corrected chi connectivity index (χ1v) is 4.58. The van der Waals surface area contributed by atoms with Crippen LogP contribution in [0.3, 0.4) is 0 Å². The van der Waals surface area contributed by atoms with Crippen LogP contribution in [0.15, 0.2) is 0 Å². The summed E-state index contributed by atoms with van der Waals surface area (Å²) in [6.07, 6.45) is 1.20. The summed E-state index contributed by atoms with van der Waals surface area (Å²) in [5, 5.41) is 8.89. The average molecular weight is 186 g/mol. The van der Waals surface area contributed by atoms with Gasteiger partial charge in [-0.15, -0.1) is 0 Å². The Bertz CT molecular complexity index is 236. The molecule has 4 heteroatoms. The highest BCUT2D eigenvalue weighted by atomic mass is 16.8. The van der Waals surface area contributed by atoms with Gasteiger partial charge in [0.05, 0.1) is 12.0 Å². The molecule has 1 heterocycles. The Morgan fingerprint density at radius 2 is 2.08 bits per heavy atom. The van der Waals surface area contributed by atoms with Gasteiger partial charge in [0, 0.05) is 0 Å². The fourth-order valence-corrected chi connectivity index (χ4v) is 2.20. The van der Waals surface area contributed by atoms with Gasteiger partial charge in [-0.1, -0.05) is 0 Å². The second-order valence-corrected chi connectivity index (χ2v) is 4.16. The van der Waals surface area contributed by atoms with Gasteiger partial charge in [-0.05, 0) is 26.7 Å². The quantitative estimate of drug-likeness (QED) is 0.663. The van der Waals surface area contributed by atoms with Crippen molar-refractivity contribution in [3.05, 3.63) is 0 Å². The Morgan fingerprint density at radius 3 is 2.69 bits per heavy atom. The minimum absolute atomic E-state index is 0.0175. The first-order chi connectivity index (χ1) is 5.99. The van der Waals surface area contributed by atoms with Crippen LogP contribution in [-0.2, 0) is 14.3 Å². The molecule has 0 unspecified atom stereocenters. The van der Waals surface area contributed by atoms with Gasteiger partial charge in [-0.2, -0.15) is 0 Å². The van der Waals surface area contributed by atoms with E-state index < -0.39 is 11.8 Å². The molecule has 0 aromatic rings. The summed E-state index contributed by atoms with van der Waals surface area (Å²) in [6.45, 7) is 3.65. The molecule has 0 bridgehead atoms. The first kappa shape index (κ1) is 8.97. The van der Waals surface area contributed by atoms with Gasteiger partial charge in [0.2, 0.25) is 0 Å². The van der Waals surface area contributed by atoms with Crippen LogP contribution < -0.4 is 0 Å². The molecule has 1 N–H and O–H groups in total. The van der Waals surface area contributed by atoms with Crippen LogP contribution in [0.1, 0.15) is 26.7 Å². The summed E-state index contributed by atoms with van der Waals surface area (Å²) in [5.41, 5.74) is 0. The monoisotopic (exact) mass is 186 g/mol. The number of aliphatic carboxylic acids is 1. The van der Waals surface area contributed by atoms with Gasteiger partial charge < -0.3 is 14.6 Å². The van der Waals surface area contributed by atoms with Crippen molar-refractivity contribution in [2.75, 3.05) is 0 Å². The van der Waals surface area contributed by atoms with E-state index in [4.69, 9.17) is 14.6 Å². The fraction of sp³-hybridized carbons (Fsp3) is 0.889. The third-order valence-corrected chi connectivity index (χ3v) is 2.70. The Labute approximate surface area is 76.8 Å². The summed E-state index contributed by atoms with van der Waals surface area (Å²) in [7, 11) is 0. The SMILES string of the molecule is CC1(C)O[C@H]2[C@H](CC[C@@H]2C(=O)O)O1. The molecule has 4 nitrogen and oxygen atoms in total. The minimum atomic E-state index is -0.770. The second kappa shape index (κ2) is 2.69. The lowest BCUT2D eigenvalue weighted by Gasteiger charge is -2.19. The van der Waals surface area contributed by atoms with E-state index in [-0.39, 0.29) is 18.1 Å². The van der Waals surface area contributed by atoms with Gasteiger partial charge in [-0.25, -0.2) is 0 Å². The normalized spacial score (nSPS) is 41.8. The van der Waals surface area contributed by atoms with Crippen molar-refractivity contribution in [2.45, 2.75) is 44.7 Å². The molecule has 1 aliphatic carbocycles. The van der Waals surface area contributed by atoms with Crippen molar-refractivity contribution in [3.63, 3.8) is 0 Å². The molecule has 0 spiro atoms. The van der Waals surface area contributed by atoms with Crippen LogP contribution in [0, 0.1) is 5.92 Å². The topological polar surface area (TPSA) is 55.8 Å². The van der Waals surface area contributed by atoms with Crippen molar-refractivity contribution in [2.24, 2.45) is 5.92 Å². The molecule has 2 aliphatic rings. The number of ether oxygens (including phenoxy) is 2. The van der Waals surface area contributed by atoms with E-state index in [0.717, 1.165) is 6.42 Å². The number of fused-ring (bicyclic) bond motifs is 1. The molecular weight excluding hydrogens is 172 g/mol. The zero-order chi connectivity index (χ0) is 9.64. The van der Waals surface area contributed by atoms with Crippen molar-refractivity contribution in [1.29, 1.82) is 0 Å². The number of carboxylic acids is 1. The molecule has 74 valence electrons. The van der Waals surface area contributed by atoms with Crippen molar-refractivity contribution in [1.82, 2.24) is 0 Å². The number of hydrogen-bond donors (Lipinski definition) is 1. The fourth-order valence-electron chi connectivity index (χ4n) is 2.20. The van der Waals surface area contributed by atoms with Crippen LogP contribution in [0.2, 0.25) is 0 Å². The molecule has 2 fully saturated rings. The number of rotatable bonds is 1. The lowest BCUT2D eigenvalue weighted by atomic mass is 10.1. The van der Waals surface area contributed by atoms with E-state index in [1.165, 1.54) is 0 Å². The zero-order valence-corrected chi connectivity index (χ0v) is 7.82. The second-order valence-electron chi connectivity index (χ2n) is 4.16. The van der Waals surface area contributed by atoms with E-state index in [0.29, 0.717) is 6.42 Å². The van der Waals surface area contributed by atoms with Crippen LogP contribution in [0.4, 0.5) is 0 Å². The average Bonchev–Trinajstić information content (AvgIpc) is 2.41. The molecule has 3 atom stereocenters. The standard InChI is InChI=1S/C9H14O4/c1-9(2)12-6-4-3-5(8(10)11)7(6)13-9/h5-7H,3-4H2,1-2H3,(H,10,11)/t5-,6-,7+/m0/s1. The Kier molecular flexibility index (Phi) is 1.85. The molecule has 13 heavy (non-hydrogen) atoms. The molecule has 1 saturated heterocycles. The summed E-state index contributed by atoms with van der Waals surface area (Å²) < 4.78 is 11.1. The number of carbonyl (C=O) groups is 1. The number of carboxylic acid groups (broad SMARTS) is 1. The maximum absolute atomic E-state index is 10.8. The lowest BCUT2D eigenvalue weighted by molar-refractivity contribution is -0.165. The molecule has 0 amide bonds. The molecule has 0 radical (unpaired) electrons. The van der Waals surface area contributed by atoms with Gasteiger partial charge in [-0.3, -0.25) is 4.79 Å². The number of hydrogen-bond acceptors (Lipinski definition) is 3. The molecule has 0 aromatic heterocycles. The van der Waals surface area contributed by atoms with Crippen molar-refractivity contribution < 1.29 is 19.4 Å². The Morgan fingerprint density at radius 1 is 1.38 bits per heavy atom. The molecule has 0 aromatic carbocycles. The summed E-state index contributed by atoms with van der Waals surface area (Å²) >= 11 is 0. The minimum Gasteiger partial charge on any atom is -0.481 e.